The molecule has 0 radical (unpaired) electrons. The van der Waals surface area contributed by atoms with Crippen molar-refractivity contribution < 1.29 is 14.6 Å². The van der Waals surface area contributed by atoms with Gasteiger partial charge in [-0.2, -0.15) is 0 Å². The standard InChI is InChI=1S/C12H24N2O3/c1-12(2,3)17-8-9(15)7-14-6-4-5-10(14)11(13)16/h9-10,15H,4-8H2,1-3H3,(H2,13,16)/t9-,10-/m1/s1. The molecule has 0 unspecified atom stereocenters. The van der Waals surface area contributed by atoms with E-state index < -0.39 is 6.10 Å². The Morgan fingerprint density at radius 2 is 2.24 bits per heavy atom. The van der Waals surface area contributed by atoms with Crippen molar-refractivity contribution in [1.82, 2.24) is 4.90 Å². The number of β-amino-alcohol motifs (C(OH)–C–C–N with tert-alkyl or cyclic N) is 1. The van der Waals surface area contributed by atoms with Crippen LogP contribution in [0.3, 0.4) is 0 Å². The number of nitrogens with two attached hydrogens (primary N) is 1. The zero-order valence-corrected chi connectivity index (χ0v) is 11.0. The average Bonchev–Trinajstić information content (AvgIpc) is 2.62. The van der Waals surface area contributed by atoms with Crippen molar-refractivity contribution in [2.45, 2.75) is 51.4 Å². The molecule has 100 valence electrons. The van der Waals surface area contributed by atoms with Gasteiger partial charge in [-0.05, 0) is 40.2 Å². The van der Waals surface area contributed by atoms with Gasteiger partial charge >= 0.3 is 0 Å². The highest BCUT2D eigenvalue weighted by molar-refractivity contribution is 5.80. The molecule has 5 heteroatoms. The number of amides is 1. The van der Waals surface area contributed by atoms with Crippen LogP contribution in [0.25, 0.3) is 0 Å². The number of nitrogens with zero attached hydrogens (tertiary/aromatic N) is 1. The van der Waals surface area contributed by atoms with Crippen LogP contribution >= 0.6 is 0 Å². The van der Waals surface area contributed by atoms with Gasteiger partial charge in [0.05, 0.1) is 24.4 Å². The molecule has 0 spiro atoms. The summed E-state index contributed by atoms with van der Waals surface area (Å²) in [5, 5.41) is 9.85. The lowest BCUT2D eigenvalue weighted by Crippen LogP contribution is -2.45. The molecule has 2 atom stereocenters. The molecule has 0 aromatic rings. The van der Waals surface area contributed by atoms with Crippen LogP contribution in [-0.2, 0) is 9.53 Å². The van der Waals surface area contributed by atoms with Crippen molar-refractivity contribution >= 4 is 5.91 Å². The van der Waals surface area contributed by atoms with E-state index in [0.717, 1.165) is 19.4 Å². The van der Waals surface area contributed by atoms with Crippen LogP contribution in [0, 0.1) is 0 Å². The second kappa shape index (κ2) is 5.80. The molecular formula is C12H24N2O3. The van der Waals surface area contributed by atoms with E-state index >= 15 is 0 Å². The highest BCUT2D eigenvalue weighted by atomic mass is 16.5. The van der Waals surface area contributed by atoms with Crippen LogP contribution in [0.1, 0.15) is 33.6 Å². The molecule has 0 aromatic heterocycles. The van der Waals surface area contributed by atoms with Crippen molar-refractivity contribution in [3.63, 3.8) is 0 Å². The minimum atomic E-state index is -0.575. The number of ether oxygens (including phenoxy) is 1. The Hall–Kier alpha value is -0.650. The van der Waals surface area contributed by atoms with E-state index in [2.05, 4.69) is 0 Å². The SMILES string of the molecule is CC(C)(C)OC[C@H](O)CN1CCC[C@@H]1C(N)=O. The largest absolute Gasteiger partial charge is 0.389 e. The third-order valence-electron chi connectivity index (χ3n) is 2.85. The van der Waals surface area contributed by atoms with Crippen LogP contribution in [-0.4, -0.2) is 53.4 Å². The van der Waals surface area contributed by atoms with Crippen molar-refractivity contribution in [3.8, 4) is 0 Å². The summed E-state index contributed by atoms with van der Waals surface area (Å²) in [7, 11) is 0. The van der Waals surface area contributed by atoms with Crippen molar-refractivity contribution in [3.05, 3.63) is 0 Å². The van der Waals surface area contributed by atoms with Gasteiger partial charge in [0.15, 0.2) is 0 Å². The smallest absolute Gasteiger partial charge is 0.234 e. The van der Waals surface area contributed by atoms with Crippen molar-refractivity contribution in [2.75, 3.05) is 19.7 Å². The molecule has 0 aromatic carbocycles. The van der Waals surface area contributed by atoms with E-state index in [4.69, 9.17) is 10.5 Å². The zero-order valence-electron chi connectivity index (χ0n) is 11.0. The maximum atomic E-state index is 11.2. The lowest BCUT2D eigenvalue weighted by atomic mass is 10.2. The summed E-state index contributed by atoms with van der Waals surface area (Å²) < 4.78 is 5.50. The van der Waals surface area contributed by atoms with Crippen LogP contribution in [0.4, 0.5) is 0 Å². The molecule has 0 saturated carbocycles. The van der Waals surface area contributed by atoms with Crippen molar-refractivity contribution in [1.29, 1.82) is 0 Å². The predicted octanol–water partition coefficient (Wildman–Crippen LogP) is 0.112. The number of likely N-dealkylation sites (tertiary alicyclic amines) is 1. The number of rotatable bonds is 5. The van der Waals surface area contributed by atoms with Crippen LogP contribution < -0.4 is 5.73 Å². The molecule has 1 rings (SSSR count). The Balaban J connectivity index is 2.35. The average molecular weight is 244 g/mol. The van der Waals surface area contributed by atoms with Gasteiger partial charge < -0.3 is 15.6 Å². The first-order chi connectivity index (χ1) is 7.79. The topological polar surface area (TPSA) is 75.8 Å². The minimum Gasteiger partial charge on any atom is -0.389 e. The van der Waals surface area contributed by atoms with Crippen LogP contribution in [0.2, 0.25) is 0 Å². The van der Waals surface area contributed by atoms with Gasteiger partial charge in [0, 0.05) is 6.54 Å². The van der Waals surface area contributed by atoms with E-state index in [1.807, 2.05) is 25.7 Å². The van der Waals surface area contributed by atoms with Gasteiger partial charge in [-0.3, -0.25) is 9.69 Å². The molecule has 1 aliphatic heterocycles. The predicted molar refractivity (Wildman–Crippen MR) is 65.5 cm³/mol. The maximum absolute atomic E-state index is 11.2. The lowest BCUT2D eigenvalue weighted by Gasteiger charge is -2.27. The molecule has 1 saturated heterocycles. The Kier molecular flexibility index (Phi) is 4.91. The fourth-order valence-corrected chi connectivity index (χ4v) is 2.04. The lowest BCUT2D eigenvalue weighted by molar-refractivity contribution is -0.123. The molecule has 5 nitrogen and oxygen atoms in total. The molecule has 1 aliphatic rings. The summed E-state index contributed by atoms with van der Waals surface area (Å²) in [5.41, 5.74) is 5.06. The zero-order chi connectivity index (χ0) is 13.1. The quantitative estimate of drug-likeness (QED) is 0.720. The highest BCUT2D eigenvalue weighted by Gasteiger charge is 2.30. The Morgan fingerprint density at radius 3 is 2.76 bits per heavy atom. The number of hydrogen-bond acceptors (Lipinski definition) is 4. The summed E-state index contributed by atoms with van der Waals surface area (Å²) in [4.78, 5) is 13.1. The molecule has 0 bridgehead atoms. The number of carbonyl (C=O) groups excluding carboxylic acids is 1. The number of hydrogen-bond donors (Lipinski definition) is 2. The first kappa shape index (κ1) is 14.4. The summed E-state index contributed by atoms with van der Waals surface area (Å²) in [6, 6.07) is -0.223. The Labute approximate surface area is 103 Å². The molecule has 3 N–H and O–H groups in total. The van der Waals surface area contributed by atoms with Crippen molar-refractivity contribution in [2.24, 2.45) is 5.73 Å². The molecule has 17 heavy (non-hydrogen) atoms. The number of primary amides is 1. The third kappa shape index (κ3) is 5.02. The molecule has 0 aliphatic carbocycles. The monoisotopic (exact) mass is 244 g/mol. The normalized spacial score (nSPS) is 23.9. The Bertz CT molecular complexity index is 263. The second-order valence-corrected chi connectivity index (χ2v) is 5.63. The van der Waals surface area contributed by atoms with Gasteiger partial charge in [0.2, 0.25) is 5.91 Å². The molecule has 1 heterocycles. The van der Waals surface area contributed by atoms with Gasteiger partial charge in [-0.25, -0.2) is 0 Å². The van der Waals surface area contributed by atoms with E-state index in [1.165, 1.54) is 0 Å². The second-order valence-electron chi connectivity index (χ2n) is 5.63. The maximum Gasteiger partial charge on any atom is 0.234 e. The first-order valence-corrected chi connectivity index (χ1v) is 6.15. The third-order valence-corrected chi connectivity index (χ3v) is 2.85. The van der Waals surface area contributed by atoms with Gasteiger partial charge in [0.1, 0.15) is 0 Å². The van der Waals surface area contributed by atoms with Gasteiger partial charge in [0.25, 0.3) is 0 Å². The first-order valence-electron chi connectivity index (χ1n) is 6.15. The van der Waals surface area contributed by atoms with E-state index in [1.54, 1.807) is 0 Å². The fourth-order valence-electron chi connectivity index (χ4n) is 2.04. The number of carbonyl (C=O) groups is 1. The summed E-state index contributed by atoms with van der Waals surface area (Å²) >= 11 is 0. The van der Waals surface area contributed by atoms with Crippen LogP contribution in [0.5, 0.6) is 0 Å². The van der Waals surface area contributed by atoms with Gasteiger partial charge in [-0.1, -0.05) is 0 Å². The molecule has 1 fully saturated rings. The Morgan fingerprint density at radius 1 is 1.59 bits per heavy atom. The van der Waals surface area contributed by atoms with Gasteiger partial charge in [-0.15, -0.1) is 0 Å². The van der Waals surface area contributed by atoms with E-state index in [-0.39, 0.29) is 24.2 Å². The summed E-state index contributed by atoms with van der Waals surface area (Å²) in [6.07, 6.45) is 1.18. The summed E-state index contributed by atoms with van der Waals surface area (Å²) in [6.45, 7) is 7.39. The molecule has 1 amide bonds. The van der Waals surface area contributed by atoms with Crippen LogP contribution in [0.15, 0.2) is 0 Å². The number of aliphatic hydroxyl groups excluding tert-OH is 1. The fraction of sp³-hybridized carbons (Fsp3) is 0.917. The number of aliphatic hydroxyl groups is 1. The summed E-state index contributed by atoms with van der Waals surface area (Å²) in [5.74, 6) is -0.300. The minimum absolute atomic E-state index is 0.223. The van der Waals surface area contributed by atoms with E-state index in [9.17, 15) is 9.90 Å². The van der Waals surface area contributed by atoms with E-state index in [0.29, 0.717) is 6.54 Å². The molecular weight excluding hydrogens is 220 g/mol. The highest BCUT2D eigenvalue weighted by Crippen LogP contribution is 2.17.